The van der Waals surface area contributed by atoms with Crippen molar-refractivity contribution in [1.29, 1.82) is 0 Å². The van der Waals surface area contributed by atoms with Crippen molar-refractivity contribution in [2.24, 2.45) is 0 Å². The number of carbonyl (C=O) groups is 1. The number of anilines is 3. The first-order valence-corrected chi connectivity index (χ1v) is 12.1. The van der Waals surface area contributed by atoms with E-state index in [2.05, 4.69) is 32.7 Å². The molecule has 0 radical (unpaired) electrons. The highest BCUT2D eigenvalue weighted by Crippen LogP contribution is 2.26. The van der Waals surface area contributed by atoms with Crippen LogP contribution in [0.2, 0.25) is 5.02 Å². The minimum absolute atomic E-state index is 0.00174. The number of carbonyl (C=O) groups excluding carboxylic acids is 1. The summed E-state index contributed by atoms with van der Waals surface area (Å²) >= 11 is 6.21. The highest BCUT2D eigenvalue weighted by molar-refractivity contribution is 6.30. The Morgan fingerprint density at radius 2 is 1.81 bits per heavy atom. The Bertz CT molecular complexity index is 1590. The maximum Gasteiger partial charge on any atom is 0.254 e. The molecule has 1 amide bonds. The van der Waals surface area contributed by atoms with Gasteiger partial charge in [0, 0.05) is 48.1 Å². The van der Waals surface area contributed by atoms with Gasteiger partial charge in [-0.05, 0) is 65.4 Å². The van der Waals surface area contributed by atoms with E-state index < -0.39 is 0 Å². The predicted octanol–water partition coefficient (Wildman–Crippen LogP) is 4.34. The van der Waals surface area contributed by atoms with Crippen LogP contribution in [0, 0.1) is 6.92 Å². The fourth-order valence-corrected chi connectivity index (χ4v) is 4.78. The van der Waals surface area contributed by atoms with E-state index in [-0.39, 0.29) is 5.91 Å². The summed E-state index contributed by atoms with van der Waals surface area (Å²) in [7, 11) is 0. The summed E-state index contributed by atoms with van der Waals surface area (Å²) in [6, 6.07) is 21.0. The summed E-state index contributed by atoms with van der Waals surface area (Å²) in [6.07, 6.45) is 0. The van der Waals surface area contributed by atoms with Gasteiger partial charge in [0.25, 0.3) is 5.91 Å². The van der Waals surface area contributed by atoms with Crippen molar-refractivity contribution in [3.63, 3.8) is 0 Å². The Hall–Kier alpha value is -4.24. The van der Waals surface area contributed by atoms with Crippen molar-refractivity contribution >= 4 is 51.4 Å². The van der Waals surface area contributed by atoms with Crippen LogP contribution in [0.25, 0.3) is 16.7 Å². The molecule has 9 nitrogen and oxygen atoms in total. The molecule has 0 saturated carbocycles. The Kier molecular flexibility index (Phi) is 5.61. The van der Waals surface area contributed by atoms with E-state index >= 15 is 0 Å². The predicted molar refractivity (Wildman–Crippen MR) is 140 cm³/mol. The standard InChI is InChI=1S/C26H23ClN8O/c1-17-9-10-19(27)16-23(17)33-11-13-34(14-12-33)26(36)18-5-4-6-20(15-18)28-24-25-30-31-32-35(25)22-8-3-2-7-21(22)29-24/h2-10,15-16H,11-14H2,1H3,(H,28,29). The van der Waals surface area contributed by atoms with Gasteiger partial charge in [-0.3, -0.25) is 4.79 Å². The van der Waals surface area contributed by atoms with Gasteiger partial charge in [-0.15, -0.1) is 5.10 Å². The summed E-state index contributed by atoms with van der Waals surface area (Å²) < 4.78 is 1.65. The number of amides is 1. The molecule has 10 heteroatoms. The normalized spacial score (nSPS) is 13.9. The molecule has 1 N–H and O–H groups in total. The minimum atomic E-state index is 0.00174. The van der Waals surface area contributed by atoms with Crippen molar-refractivity contribution in [1.82, 2.24) is 29.9 Å². The summed E-state index contributed by atoms with van der Waals surface area (Å²) in [6.45, 7) is 4.87. The third-order valence-corrected chi connectivity index (χ3v) is 6.71. The topological polar surface area (TPSA) is 91.5 Å². The number of hydrogen-bond donors (Lipinski definition) is 1. The number of rotatable bonds is 4. The quantitative estimate of drug-likeness (QED) is 0.394. The molecule has 0 aliphatic carbocycles. The molecule has 1 aliphatic heterocycles. The Balaban J connectivity index is 1.20. The van der Waals surface area contributed by atoms with Crippen molar-refractivity contribution in [3.8, 4) is 0 Å². The number of nitrogens with one attached hydrogen (secondary N) is 1. The van der Waals surface area contributed by atoms with E-state index in [9.17, 15) is 4.79 Å². The van der Waals surface area contributed by atoms with Crippen molar-refractivity contribution < 1.29 is 4.79 Å². The molecule has 0 unspecified atom stereocenters. The number of halogens is 1. The molecule has 1 aliphatic rings. The van der Waals surface area contributed by atoms with Gasteiger partial charge in [0.1, 0.15) is 0 Å². The van der Waals surface area contributed by atoms with Gasteiger partial charge < -0.3 is 15.1 Å². The second-order valence-electron chi connectivity index (χ2n) is 8.78. The number of nitrogens with zero attached hydrogens (tertiary/aromatic N) is 7. The highest BCUT2D eigenvalue weighted by atomic mass is 35.5. The van der Waals surface area contributed by atoms with Crippen molar-refractivity contribution in [2.75, 3.05) is 36.4 Å². The SMILES string of the molecule is Cc1ccc(Cl)cc1N1CCN(C(=O)c2cccc(Nc3nc4ccccc4n4nnnc34)c2)CC1. The zero-order chi connectivity index (χ0) is 24.6. The van der Waals surface area contributed by atoms with Gasteiger partial charge in [0.2, 0.25) is 5.65 Å². The lowest BCUT2D eigenvalue weighted by Crippen LogP contribution is -2.49. The van der Waals surface area contributed by atoms with Gasteiger partial charge in [-0.25, -0.2) is 4.98 Å². The zero-order valence-electron chi connectivity index (χ0n) is 19.6. The van der Waals surface area contributed by atoms with Crippen LogP contribution in [0.4, 0.5) is 17.2 Å². The largest absolute Gasteiger partial charge is 0.368 e. The maximum atomic E-state index is 13.3. The molecule has 180 valence electrons. The van der Waals surface area contributed by atoms with Crippen molar-refractivity contribution in [2.45, 2.75) is 6.92 Å². The van der Waals surface area contributed by atoms with Gasteiger partial charge >= 0.3 is 0 Å². The third-order valence-electron chi connectivity index (χ3n) is 6.47. The number of piperazine rings is 1. The lowest BCUT2D eigenvalue weighted by atomic mass is 10.1. The summed E-state index contributed by atoms with van der Waals surface area (Å²) in [5, 5.41) is 16.1. The van der Waals surface area contributed by atoms with Crippen LogP contribution in [0.1, 0.15) is 15.9 Å². The van der Waals surface area contributed by atoms with E-state index in [0.717, 1.165) is 40.5 Å². The third kappa shape index (κ3) is 4.07. The van der Waals surface area contributed by atoms with Crippen LogP contribution in [-0.2, 0) is 0 Å². The smallest absolute Gasteiger partial charge is 0.254 e. The Morgan fingerprint density at radius 1 is 0.972 bits per heavy atom. The van der Waals surface area contributed by atoms with Crippen LogP contribution in [0.15, 0.2) is 66.7 Å². The van der Waals surface area contributed by atoms with Gasteiger partial charge in [-0.2, -0.15) is 4.52 Å². The Labute approximate surface area is 212 Å². The van der Waals surface area contributed by atoms with E-state index in [1.807, 2.05) is 71.6 Å². The minimum Gasteiger partial charge on any atom is -0.368 e. The van der Waals surface area contributed by atoms with Gasteiger partial charge in [0.05, 0.1) is 11.0 Å². The fourth-order valence-electron chi connectivity index (χ4n) is 4.61. The molecule has 1 fully saturated rings. The monoisotopic (exact) mass is 498 g/mol. The lowest BCUT2D eigenvalue weighted by Gasteiger charge is -2.37. The van der Waals surface area contributed by atoms with E-state index in [1.54, 1.807) is 4.52 Å². The average Bonchev–Trinajstić information content (AvgIpc) is 3.41. The lowest BCUT2D eigenvalue weighted by molar-refractivity contribution is 0.0747. The first-order valence-electron chi connectivity index (χ1n) is 11.7. The molecule has 5 aromatic rings. The first-order chi connectivity index (χ1) is 17.6. The summed E-state index contributed by atoms with van der Waals surface area (Å²) in [4.78, 5) is 22.2. The molecule has 36 heavy (non-hydrogen) atoms. The molecule has 0 atom stereocenters. The van der Waals surface area contributed by atoms with E-state index in [0.29, 0.717) is 30.1 Å². The zero-order valence-corrected chi connectivity index (χ0v) is 20.4. The molecule has 3 heterocycles. The number of tetrazole rings is 1. The molecule has 0 spiro atoms. The van der Waals surface area contributed by atoms with E-state index in [1.165, 1.54) is 5.56 Å². The highest BCUT2D eigenvalue weighted by Gasteiger charge is 2.23. The van der Waals surface area contributed by atoms with Gasteiger partial charge in [0.15, 0.2) is 5.82 Å². The molecule has 1 saturated heterocycles. The molecule has 0 bridgehead atoms. The number of para-hydroxylation sites is 2. The van der Waals surface area contributed by atoms with Crippen LogP contribution < -0.4 is 10.2 Å². The first kappa shape index (κ1) is 22.2. The fraction of sp³-hybridized carbons (Fsp3) is 0.192. The summed E-state index contributed by atoms with van der Waals surface area (Å²) in [5.74, 6) is 0.524. The second-order valence-corrected chi connectivity index (χ2v) is 9.22. The molecule has 2 aromatic heterocycles. The van der Waals surface area contributed by atoms with Crippen LogP contribution in [0.3, 0.4) is 0 Å². The maximum absolute atomic E-state index is 13.3. The van der Waals surface area contributed by atoms with Crippen LogP contribution in [-0.4, -0.2) is 62.0 Å². The number of hydrogen-bond acceptors (Lipinski definition) is 7. The van der Waals surface area contributed by atoms with E-state index in [4.69, 9.17) is 16.6 Å². The number of aryl methyl sites for hydroxylation is 1. The number of fused-ring (bicyclic) bond motifs is 3. The van der Waals surface area contributed by atoms with Gasteiger partial charge in [-0.1, -0.05) is 35.9 Å². The Morgan fingerprint density at radius 3 is 2.67 bits per heavy atom. The summed E-state index contributed by atoms with van der Waals surface area (Å²) in [5.41, 5.74) is 5.75. The van der Waals surface area contributed by atoms with Crippen molar-refractivity contribution in [3.05, 3.63) is 82.9 Å². The van der Waals surface area contributed by atoms with Crippen LogP contribution in [0.5, 0.6) is 0 Å². The molecular formula is C26H23ClN8O. The number of aromatic nitrogens is 5. The number of benzene rings is 3. The second kappa shape index (κ2) is 9.09. The molecular weight excluding hydrogens is 476 g/mol. The average molecular weight is 499 g/mol. The molecule has 6 rings (SSSR count). The van der Waals surface area contributed by atoms with Crippen LogP contribution >= 0.6 is 11.6 Å². The molecule has 3 aromatic carbocycles.